The largest absolute Gasteiger partial charge is 0.490 e. The highest BCUT2D eigenvalue weighted by Crippen LogP contribution is 2.37. The first-order chi connectivity index (χ1) is 19.5. The van der Waals surface area contributed by atoms with E-state index in [9.17, 15) is 8.78 Å². The molecule has 1 fully saturated rings. The summed E-state index contributed by atoms with van der Waals surface area (Å²) in [5.41, 5.74) is 2.92. The first-order valence-corrected chi connectivity index (χ1v) is 15.1. The van der Waals surface area contributed by atoms with Crippen LogP contribution in [0.1, 0.15) is 96.0 Å². The number of benzene rings is 3. The maximum atomic E-state index is 15.2. The number of halogens is 3. The monoisotopic (exact) mass is 552 g/mol. The van der Waals surface area contributed by atoms with Crippen molar-refractivity contribution in [3.05, 3.63) is 77.6 Å². The molecular weight excluding hydrogens is 509 g/mol. The van der Waals surface area contributed by atoms with Gasteiger partial charge < -0.3 is 9.47 Å². The van der Waals surface area contributed by atoms with E-state index in [1.165, 1.54) is 25.3 Å². The molecule has 1 saturated carbocycles. The molecule has 0 bridgehead atoms. The average Bonchev–Trinajstić information content (AvgIpc) is 2.98. The summed E-state index contributed by atoms with van der Waals surface area (Å²) >= 11 is 0. The summed E-state index contributed by atoms with van der Waals surface area (Å²) in [4.78, 5) is 0. The third-order valence-electron chi connectivity index (χ3n) is 8.01. The Labute approximate surface area is 237 Å². The van der Waals surface area contributed by atoms with Crippen LogP contribution in [0.2, 0.25) is 0 Å². The first kappa shape index (κ1) is 30.2. The van der Waals surface area contributed by atoms with E-state index < -0.39 is 11.6 Å². The third-order valence-corrected chi connectivity index (χ3v) is 8.01. The second kappa shape index (κ2) is 15.3. The van der Waals surface area contributed by atoms with Gasteiger partial charge in [0, 0.05) is 17.7 Å². The molecule has 0 aliphatic heterocycles. The second-order valence-electron chi connectivity index (χ2n) is 11.0. The minimum atomic E-state index is -0.972. The number of ether oxygens (including phenoxy) is 2. The summed E-state index contributed by atoms with van der Waals surface area (Å²) in [6, 6.07) is 15.4. The molecule has 0 amide bonds. The van der Waals surface area contributed by atoms with Crippen molar-refractivity contribution in [2.45, 2.75) is 96.5 Å². The lowest BCUT2D eigenvalue weighted by Crippen LogP contribution is -2.21. The van der Waals surface area contributed by atoms with Crippen LogP contribution in [-0.4, -0.2) is 19.3 Å². The molecule has 216 valence electrons. The van der Waals surface area contributed by atoms with Crippen LogP contribution in [0.4, 0.5) is 13.2 Å². The van der Waals surface area contributed by atoms with E-state index >= 15 is 4.39 Å². The van der Waals surface area contributed by atoms with Crippen LogP contribution in [0, 0.1) is 17.5 Å². The van der Waals surface area contributed by atoms with E-state index in [1.807, 2.05) is 12.1 Å². The predicted molar refractivity (Wildman–Crippen MR) is 157 cm³/mol. The molecular formula is C35H43F3O2. The van der Waals surface area contributed by atoms with Crippen LogP contribution in [0.5, 0.6) is 5.75 Å². The number of hydrogen-bond acceptors (Lipinski definition) is 2. The Morgan fingerprint density at radius 2 is 1.30 bits per heavy atom. The van der Waals surface area contributed by atoms with Crippen LogP contribution < -0.4 is 4.74 Å². The summed E-state index contributed by atoms with van der Waals surface area (Å²) in [6.45, 7) is 5.47. The van der Waals surface area contributed by atoms with Gasteiger partial charge in [-0.15, -0.1) is 0 Å². The Kier molecular flexibility index (Phi) is 11.5. The maximum absolute atomic E-state index is 15.2. The summed E-state index contributed by atoms with van der Waals surface area (Å²) in [6.07, 6.45) is 12.0. The maximum Gasteiger partial charge on any atom is 0.201 e. The Bertz CT molecular complexity index is 1200. The molecule has 0 radical (unpaired) electrons. The summed E-state index contributed by atoms with van der Waals surface area (Å²) in [5, 5.41) is 0. The third kappa shape index (κ3) is 7.90. The van der Waals surface area contributed by atoms with Crippen LogP contribution in [-0.2, 0) is 4.74 Å². The normalized spacial score (nSPS) is 17.2. The summed E-state index contributed by atoms with van der Waals surface area (Å²) in [5.74, 6) is -1.88. The second-order valence-corrected chi connectivity index (χ2v) is 11.0. The number of unbranched alkanes of at least 4 members (excludes halogenated alkanes) is 5. The van der Waals surface area contributed by atoms with Gasteiger partial charge in [-0.2, -0.15) is 4.39 Å². The molecule has 0 heterocycles. The zero-order valence-electron chi connectivity index (χ0n) is 24.0. The smallest absolute Gasteiger partial charge is 0.201 e. The highest BCUT2D eigenvalue weighted by molar-refractivity contribution is 5.71. The molecule has 5 heteroatoms. The van der Waals surface area contributed by atoms with Crippen molar-refractivity contribution in [2.24, 2.45) is 0 Å². The Hall–Kier alpha value is -2.79. The average molecular weight is 553 g/mol. The molecule has 0 N–H and O–H groups in total. The quantitative estimate of drug-likeness (QED) is 0.185. The van der Waals surface area contributed by atoms with Gasteiger partial charge in [-0.05, 0) is 79.3 Å². The minimum Gasteiger partial charge on any atom is -0.490 e. The van der Waals surface area contributed by atoms with Gasteiger partial charge in [-0.3, -0.25) is 0 Å². The SMILES string of the molecule is CCCCCCCCOc1ccc(-c2ccc(-c3ccc(C4CCC(OCCC)CC4)cc3F)cc2)c(F)c1F. The molecule has 4 rings (SSSR count). The van der Waals surface area contributed by atoms with Crippen molar-refractivity contribution in [3.63, 3.8) is 0 Å². The van der Waals surface area contributed by atoms with Gasteiger partial charge in [-0.25, -0.2) is 8.78 Å². The van der Waals surface area contributed by atoms with Crippen molar-refractivity contribution >= 4 is 0 Å². The Morgan fingerprint density at radius 1 is 0.650 bits per heavy atom. The van der Waals surface area contributed by atoms with Gasteiger partial charge in [0.2, 0.25) is 5.82 Å². The van der Waals surface area contributed by atoms with Crippen LogP contribution in [0.3, 0.4) is 0 Å². The molecule has 3 aromatic carbocycles. The van der Waals surface area contributed by atoms with E-state index in [1.54, 1.807) is 36.4 Å². The van der Waals surface area contributed by atoms with Gasteiger partial charge >= 0.3 is 0 Å². The lowest BCUT2D eigenvalue weighted by molar-refractivity contribution is 0.0251. The van der Waals surface area contributed by atoms with E-state index in [0.717, 1.165) is 63.5 Å². The lowest BCUT2D eigenvalue weighted by Gasteiger charge is -2.29. The number of rotatable bonds is 14. The van der Waals surface area contributed by atoms with Crippen molar-refractivity contribution < 1.29 is 22.6 Å². The molecule has 40 heavy (non-hydrogen) atoms. The van der Waals surface area contributed by atoms with Crippen molar-refractivity contribution in [1.29, 1.82) is 0 Å². The lowest BCUT2D eigenvalue weighted by atomic mass is 9.82. The van der Waals surface area contributed by atoms with Gasteiger partial charge in [0.05, 0.1) is 12.7 Å². The zero-order chi connectivity index (χ0) is 28.3. The molecule has 1 aliphatic carbocycles. The Morgan fingerprint density at radius 3 is 1.98 bits per heavy atom. The fourth-order valence-corrected chi connectivity index (χ4v) is 5.63. The van der Waals surface area contributed by atoms with E-state index in [0.29, 0.717) is 35.3 Å². The molecule has 0 atom stereocenters. The fraction of sp³-hybridized carbons (Fsp3) is 0.486. The van der Waals surface area contributed by atoms with E-state index in [4.69, 9.17) is 9.47 Å². The van der Waals surface area contributed by atoms with Crippen molar-refractivity contribution in [2.75, 3.05) is 13.2 Å². The summed E-state index contributed by atoms with van der Waals surface area (Å²) in [7, 11) is 0. The van der Waals surface area contributed by atoms with Gasteiger partial charge in [-0.1, -0.05) is 82.3 Å². The van der Waals surface area contributed by atoms with Crippen LogP contribution in [0.25, 0.3) is 22.3 Å². The summed E-state index contributed by atoms with van der Waals surface area (Å²) < 4.78 is 56.2. The topological polar surface area (TPSA) is 18.5 Å². The van der Waals surface area contributed by atoms with Crippen molar-refractivity contribution in [1.82, 2.24) is 0 Å². The number of hydrogen-bond donors (Lipinski definition) is 0. The molecule has 0 unspecified atom stereocenters. The highest BCUT2D eigenvalue weighted by Gasteiger charge is 2.23. The predicted octanol–water partition coefficient (Wildman–Crippen LogP) is 10.6. The van der Waals surface area contributed by atoms with Crippen molar-refractivity contribution in [3.8, 4) is 28.0 Å². The van der Waals surface area contributed by atoms with Crippen LogP contribution in [0.15, 0.2) is 54.6 Å². The molecule has 3 aromatic rings. The fourth-order valence-electron chi connectivity index (χ4n) is 5.63. The Balaban J connectivity index is 1.36. The molecule has 1 aliphatic rings. The van der Waals surface area contributed by atoms with E-state index in [2.05, 4.69) is 13.8 Å². The standard InChI is InChI=1S/C35H43F3O2/c1-3-5-6-7-8-9-23-40-33-21-20-31(34(37)35(33)38)27-12-10-26(11-13-27)30-19-16-28(24-32(30)36)25-14-17-29(18-15-25)39-22-4-2/h10-13,16,19-21,24-25,29H,3-9,14-15,17-18,22-23H2,1-2H3. The highest BCUT2D eigenvalue weighted by atomic mass is 19.2. The van der Waals surface area contributed by atoms with Gasteiger partial charge in [0.15, 0.2) is 11.6 Å². The molecule has 0 spiro atoms. The van der Waals surface area contributed by atoms with Crippen LogP contribution >= 0.6 is 0 Å². The molecule has 0 saturated heterocycles. The first-order valence-electron chi connectivity index (χ1n) is 15.1. The minimum absolute atomic E-state index is 0.0597. The van der Waals surface area contributed by atoms with Gasteiger partial charge in [0.1, 0.15) is 5.82 Å². The van der Waals surface area contributed by atoms with Gasteiger partial charge in [0.25, 0.3) is 0 Å². The van der Waals surface area contributed by atoms with E-state index in [-0.39, 0.29) is 17.1 Å². The molecule has 0 aromatic heterocycles. The zero-order valence-corrected chi connectivity index (χ0v) is 24.0. The molecule has 2 nitrogen and oxygen atoms in total.